The average molecular weight is 559 g/mol. The Morgan fingerprint density at radius 3 is 2.59 bits per heavy atom. The zero-order valence-corrected chi connectivity index (χ0v) is 24.7. The standard InChI is InChI=1S/C33H42N4O4/c1-5-21-7-9-22(10-8-21)19-34-30(38)17-25-15-23-11-12-24(16-28(23)33(25)40)27(18-31(39)41-6-2)26-13-14-29-32(20(26)3)35-36-37(29)4/h11-14,16,21-22,25,27H,5-10,15,17-19H2,1-4H3,(H,34,38). The highest BCUT2D eigenvalue weighted by Crippen LogP contribution is 2.37. The molecule has 0 radical (unpaired) electrons. The van der Waals surface area contributed by atoms with Crippen LogP contribution in [0.4, 0.5) is 0 Å². The normalized spacial score (nSPS) is 21.1. The fourth-order valence-electron chi connectivity index (χ4n) is 6.78. The van der Waals surface area contributed by atoms with Crippen molar-refractivity contribution in [2.24, 2.45) is 24.8 Å². The van der Waals surface area contributed by atoms with Gasteiger partial charge in [-0.2, -0.15) is 0 Å². The molecule has 2 aromatic carbocycles. The lowest BCUT2D eigenvalue weighted by Crippen LogP contribution is -2.33. The van der Waals surface area contributed by atoms with E-state index in [1.165, 1.54) is 32.1 Å². The molecule has 2 aliphatic carbocycles. The van der Waals surface area contributed by atoms with Crippen molar-refractivity contribution in [1.82, 2.24) is 20.3 Å². The SMILES string of the molecule is CCOC(=O)CC(c1ccc2c(c1)C(=O)C(CC(=O)NCC1CCC(CC)CC1)C2)c1ccc2c(nnn2C)c1C. The predicted molar refractivity (Wildman–Crippen MR) is 158 cm³/mol. The Bertz CT molecular complexity index is 1440. The number of Topliss-reactive ketones (excluding diaryl/α,β-unsaturated/α-hetero) is 1. The van der Waals surface area contributed by atoms with Crippen LogP contribution in [0.2, 0.25) is 0 Å². The van der Waals surface area contributed by atoms with Crippen LogP contribution in [0.1, 0.15) is 97.3 Å². The van der Waals surface area contributed by atoms with Crippen molar-refractivity contribution in [2.45, 2.75) is 78.1 Å². The number of hydrogen-bond donors (Lipinski definition) is 1. The van der Waals surface area contributed by atoms with Crippen molar-refractivity contribution in [3.05, 3.63) is 58.1 Å². The molecule has 1 heterocycles. The van der Waals surface area contributed by atoms with E-state index in [0.29, 0.717) is 31.1 Å². The number of aryl methyl sites for hydroxylation is 2. The van der Waals surface area contributed by atoms with E-state index in [0.717, 1.165) is 39.2 Å². The van der Waals surface area contributed by atoms with E-state index in [-0.39, 0.29) is 42.3 Å². The fourth-order valence-corrected chi connectivity index (χ4v) is 6.78. The van der Waals surface area contributed by atoms with Gasteiger partial charge in [-0.05, 0) is 79.3 Å². The van der Waals surface area contributed by atoms with Crippen LogP contribution in [0.3, 0.4) is 0 Å². The van der Waals surface area contributed by atoms with Gasteiger partial charge in [-0.1, -0.05) is 49.6 Å². The van der Waals surface area contributed by atoms with Gasteiger partial charge in [-0.3, -0.25) is 14.4 Å². The Morgan fingerprint density at radius 1 is 1.10 bits per heavy atom. The van der Waals surface area contributed by atoms with Gasteiger partial charge in [0, 0.05) is 37.4 Å². The molecule has 0 bridgehead atoms. The Kier molecular flexibility index (Phi) is 8.85. The van der Waals surface area contributed by atoms with Crippen LogP contribution in [-0.4, -0.2) is 45.8 Å². The van der Waals surface area contributed by atoms with E-state index in [2.05, 4.69) is 22.6 Å². The third kappa shape index (κ3) is 6.21. The summed E-state index contributed by atoms with van der Waals surface area (Å²) in [5, 5.41) is 11.6. The average Bonchev–Trinajstić information content (AvgIpc) is 3.50. The van der Waals surface area contributed by atoms with Gasteiger partial charge in [-0.15, -0.1) is 5.10 Å². The largest absolute Gasteiger partial charge is 0.466 e. The second kappa shape index (κ2) is 12.5. The van der Waals surface area contributed by atoms with E-state index >= 15 is 0 Å². The molecule has 2 atom stereocenters. The highest BCUT2D eigenvalue weighted by molar-refractivity contribution is 6.04. The van der Waals surface area contributed by atoms with Crippen LogP contribution >= 0.6 is 0 Å². The smallest absolute Gasteiger partial charge is 0.306 e. The number of hydrogen-bond acceptors (Lipinski definition) is 6. The molecule has 0 aliphatic heterocycles. The van der Waals surface area contributed by atoms with Crippen molar-refractivity contribution in [3.8, 4) is 0 Å². The van der Waals surface area contributed by atoms with Gasteiger partial charge in [0.15, 0.2) is 5.78 Å². The topological polar surface area (TPSA) is 103 Å². The molecule has 1 saturated carbocycles. The number of esters is 1. The van der Waals surface area contributed by atoms with Gasteiger partial charge in [0.25, 0.3) is 0 Å². The summed E-state index contributed by atoms with van der Waals surface area (Å²) in [5.74, 6) is 0.402. The van der Waals surface area contributed by atoms with E-state index in [9.17, 15) is 14.4 Å². The van der Waals surface area contributed by atoms with E-state index < -0.39 is 0 Å². The molecule has 1 aromatic heterocycles. The first-order valence-corrected chi connectivity index (χ1v) is 15.2. The molecule has 1 fully saturated rings. The Balaban J connectivity index is 1.31. The second-order valence-corrected chi connectivity index (χ2v) is 11.9. The van der Waals surface area contributed by atoms with Crippen molar-refractivity contribution >= 4 is 28.7 Å². The van der Waals surface area contributed by atoms with Crippen LogP contribution in [0.25, 0.3) is 11.0 Å². The summed E-state index contributed by atoms with van der Waals surface area (Å²) >= 11 is 0. The molecule has 8 heteroatoms. The zero-order chi connectivity index (χ0) is 29.1. The van der Waals surface area contributed by atoms with Gasteiger partial charge < -0.3 is 10.1 Å². The molecule has 3 aromatic rings. The van der Waals surface area contributed by atoms with Gasteiger partial charge in [0.05, 0.1) is 18.5 Å². The van der Waals surface area contributed by atoms with Crippen molar-refractivity contribution in [3.63, 3.8) is 0 Å². The maximum atomic E-state index is 13.5. The minimum absolute atomic E-state index is 0.0106. The van der Waals surface area contributed by atoms with E-state index in [1.807, 2.05) is 44.3 Å². The van der Waals surface area contributed by atoms with Crippen LogP contribution in [0, 0.1) is 24.7 Å². The van der Waals surface area contributed by atoms with E-state index in [1.54, 1.807) is 11.6 Å². The summed E-state index contributed by atoms with van der Waals surface area (Å²) < 4.78 is 7.05. The number of amides is 1. The number of ether oxygens (including phenoxy) is 1. The highest BCUT2D eigenvalue weighted by atomic mass is 16.5. The lowest BCUT2D eigenvalue weighted by atomic mass is 9.81. The Labute approximate surface area is 242 Å². The molecule has 1 amide bonds. The first-order chi connectivity index (χ1) is 19.8. The lowest BCUT2D eigenvalue weighted by molar-refractivity contribution is -0.143. The number of fused-ring (bicyclic) bond motifs is 2. The molecule has 2 aliphatic rings. The third-order valence-electron chi connectivity index (χ3n) is 9.33. The van der Waals surface area contributed by atoms with Crippen LogP contribution < -0.4 is 5.32 Å². The quantitative estimate of drug-likeness (QED) is 0.333. The summed E-state index contributed by atoms with van der Waals surface area (Å²) in [4.78, 5) is 39.0. The number of rotatable bonds is 10. The van der Waals surface area contributed by atoms with Crippen molar-refractivity contribution < 1.29 is 19.1 Å². The summed E-state index contributed by atoms with van der Waals surface area (Å²) in [6.07, 6.45) is 7.01. The number of nitrogens with one attached hydrogen (secondary N) is 1. The van der Waals surface area contributed by atoms with Gasteiger partial charge in [0.2, 0.25) is 5.91 Å². The summed E-state index contributed by atoms with van der Waals surface area (Å²) in [6, 6.07) is 9.90. The first-order valence-electron chi connectivity index (χ1n) is 15.2. The molecule has 218 valence electrons. The molecule has 1 N–H and O–H groups in total. The van der Waals surface area contributed by atoms with Crippen LogP contribution in [-0.2, 0) is 27.8 Å². The third-order valence-corrected chi connectivity index (χ3v) is 9.33. The molecule has 2 unspecified atom stereocenters. The molecule has 5 rings (SSSR count). The Morgan fingerprint density at radius 2 is 1.85 bits per heavy atom. The van der Waals surface area contributed by atoms with Gasteiger partial charge in [-0.25, -0.2) is 4.68 Å². The summed E-state index contributed by atoms with van der Waals surface area (Å²) in [5.41, 5.74) is 6.12. The van der Waals surface area contributed by atoms with Gasteiger partial charge >= 0.3 is 5.97 Å². The maximum Gasteiger partial charge on any atom is 0.306 e. The number of ketones is 1. The highest BCUT2D eigenvalue weighted by Gasteiger charge is 2.34. The second-order valence-electron chi connectivity index (χ2n) is 11.9. The summed E-state index contributed by atoms with van der Waals surface area (Å²) in [6.45, 7) is 7.06. The number of nitrogens with zero attached hydrogens (tertiary/aromatic N) is 3. The maximum absolute atomic E-state index is 13.5. The monoisotopic (exact) mass is 558 g/mol. The number of benzene rings is 2. The predicted octanol–water partition coefficient (Wildman–Crippen LogP) is 5.44. The number of carbonyl (C=O) groups excluding carboxylic acids is 3. The van der Waals surface area contributed by atoms with Crippen LogP contribution in [0.15, 0.2) is 30.3 Å². The first kappa shape index (κ1) is 29.0. The Hall–Kier alpha value is -3.55. The van der Waals surface area contributed by atoms with Crippen molar-refractivity contribution in [1.29, 1.82) is 0 Å². The van der Waals surface area contributed by atoms with E-state index in [4.69, 9.17) is 4.74 Å². The molecule has 41 heavy (non-hydrogen) atoms. The lowest BCUT2D eigenvalue weighted by Gasteiger charge is -2.27. The molecular formula is C33H42N4O4. The molecular weight excluding hydrogens is 516 g/mol. The minimum Gasteiger partial charge on any atom is -0.466 e. The number of aromatic nitrogens is 3. The molecule has 0 spiro atoms. The summed E-state index contributed by atoms with van der Waals surface area (Å²) in [7, 11) is 1.85. The molecule has 8 nitrogen and oxygen atoms in total. The minimum atomic E-state index is -0.350. The van der Waals surface area contributed by atoms with Gasteiger partial charge in [0.1, 0.15) is 5.52 Å². The fraction of sp³-hybridized carbons (Fsp3) is 0.545. The zero-order valence-electron chi connectivity index (χ0n) is 24.7. The number of carbonyl (C=O) groups is 3. The van der Waals surface area contributed by atoms with Crippen LogP contribution in [0.5, 0.6) is 0 Å². The molecule has 0 saturated heterocycles. The van der Waals surface area contributed by atoms with Crippen molar-refractivity contribution in [2.75, 3.05) is 13.2 Å².